The molecule has 0 radical (unpaired) electrons. The average molecular weight is 464 g/mol. The molecule has 1 aliphatic rings. The minimum absolute atomic E-state index is 0.0801. The van der Waals surface area contributed by atoms with Gasteiger partial charge in [0.15, 0.2) is 5.82 Å². The molecule has 1 amide bonds. The Balaban J connectivity index is 1.76. The second-order valence-corrected chi connectivity index (χ2v) is 7.79. The van der Waals surface area contributed by atoms with E-state index in [9.17, 15) is 9.59 Å². The van der Waals surface area contributed by atoms with Crippen LogP contribution in [0.15, 0.2) is 36.4 Å². The SMILES string of the molecule is O=C(O)Cc1ccc(Nc2nc(-c3c(Cl)cc(Cl)cc3Cl)nc3c2C(=O)NC3)cc1. The van der Waals surface area contributed by atoms with E-state index in [1.165, 1.54) is 0 Å². The number of fused-ring (bicyclic) bond motifs is 1. The number of halogens is 3. The number of carboxylic acids is 1. The molecule has 0 fully saturated rings. The Hall–Kier alpha value is -2.87. The van der Waals surface area contributed by atoms with Crippen molar-refractivity contribution in [2.45, 2.75) is 13.0 Å². The van der Waals surface area contributed by atoms with Crippen molar-refractivity contribution in [3.8, 4) is 11.4 Å². The number of amides is 1. The minimum atomic E-state index is -0.914. The number of hydrogen-bond donors (Lipinski definition) is 3. The van der Waals surface area contributed by atoms with Crippen LogP contribution < -0.4 is 10.6 Å². The predicted molar refractivity (Wildman–Crippen MR) is 115 cm³/mol. The van der Waals surface area contributed by atoms with Gasteiger partial charge >= 0.3 is 5.97 Å². The molecule has 152 valence electrons. The molecule has 2 heterocycles. The number of carbonyl (C=O) groups is 2. The summed E-state index contributed by atoms with van der Waals surface area (Å²) in [4.78, 5) is 32.1. The Morgan fingerprint density at radius 1 is 1.07 bits per heavy atom. The lowest BCUT2D eigenvalue weighted by Gasteiger charge is -2.13. The van der Waals surface area contributed by atoms with E-state index in [0.29, 0.717) is 33.1 Å². The second-order valence-electron chi connectivity index (χ2n) is 6.54. The number of rotatable bonds is 5. The van der Waals surface area contributed by atoms with E-state index in [1.54, 1.807) is 36.4 Å². The maximum atomic E-state index is 12.3. The van der Waals surface area contributed by atoms with Crippen molar-refractivity contribution < 1.29 is 14.7 Å². The monoisotopic (exact) mass is 462 g/mol. The fraction of sp³-hybridized carbons (Fsp3) is 0.100. The van der Waals surface area contributed by atoms with E-state index in [1.807, 2.05) is 0 Å². The second kappa shape index (κ2) is 8.10. The van der Waals surface area contributed by atoms with Gasteiger partial charge in [-0.1, -0.05) is 46.9 Å². The highest BCUT2D eigenvalue weighted by atomic mass is 35.5. The maximum absolute atomic E-state index is 12.3. The number of hydrogen-bond acceptors (Lipinski definition) is 5. The molecule has 3 aromatic rings. The largest absolute Gasteiger partial charge is 0.481 e. The fourth-order valence-electron chi connectivity index (χ4n) is 3.10. The van der Waals surface area contributed by atoms with Gasteiger partial charge in [0.25, 0.3) is 5.91 Å². The number of carbonyl (C=O) groups excluding carboxylic acids is 1. The van der Waals surface area contributed by atoms with Gasteiger partial charge in [-0.15, -0.1) is 0 Å². The van der Waals surface area contributed by atoms with Crippen LogP contribution in [0.3, 0.4) is 0 Å². The quantitative estimate of drug-likeness (QED) is 0.506. The summed E-state index contributed by atoms with van der Waals surface area (Å²) in [5, 5.41) is 15.7. The molecule has 0 saturated carbocycles. The number of anilines is 2. The fourth-order valence-corrected chi connectivity index (χ4v) is 4.09. The van der Waals surface area contributed by atoms with Crippen LogP contribution in [0.25, 0.3) is 11.4 Å². The number of nitrogens with one attached hydrogen (secondary N) is 2. The molecular weight excluding hydrogens is 451 g/mol. The van der Waals surface area contributed by atoms with Gasteiger partial charge in [-0.3, -0.25) is 9.59 Å². The van der Waals surface area contributed by atoms with Gasteiger partial charge < -0.3 is 15.7 Å². The first kappa shape index (κ1) is 20.4. The first-order valence-electron chi connectivity index (χ1n) is 8.73. The predicted octanol–water partition coefficient (Wildman–Crippen LogP) is 4.72. The molecule has 10 heteroatoms. The van der Waals surface area contributed by atoms with Crippen LogP contribution >= 0.6 is 34.8 Å². The number of carboxylic acid groups (broad SMARTS) is 1. The van der Waals surface area contributed by atoms with Gasteiger partial charge in [0.05, 0.1) is 34.3 Å². The van der Waals surface area contributed by atoms with Gasteiger partial charge in [0, 0.05) is 10.7 Å². The standard InChI is InChI=1S/C20H13Cl3N4O3/c21-10-6-12(22)16(13(23)7-10)18-26-14-8-24-20(30)17(14)19(27-18)25-11-3-1-9(2-4-11)5-15(28)29/h1-4,6-7H,5,8H2,(H,24,30)(H,28,29)(H,25,26,27). The van der Waals surface area contributed by atoms with E-state index in [4.69, 9.17) is 39.9 Å². The summed E-state index contributed by atoms with van der Waals surface area (Å²) in [6.45, 7) is 0.249. The van der Waals surface area contributed by atoms with Crippen LogP contribution in [0.1, 0.15) is 21.6 Å². The van der Waals surface area contributed by atoms with E-state index < -0.39 is 5.97 Å². The van der Waals surface area contributed by atoms with E-state index >= 15 is 0 Å². The number of benzene rings is 2. The summed E-state index contributed by atoms with van der Waals surface area (Å²) in [6.07, 6.45) is -0.0801. The number of aromatic nitrogens is 2. The van der Waals surface area contributed by atoms with Crippen molar-refractivity contribution >= 4 is 58.2 Å². The molecule has 4 rings (SSSR count). The lowest BCUT2D eigenvalue weighted by molar-refractivity contribution is -0.136. The highest BCUT2D eigenvalue weighted by molar-refractivity contribution is 6.41. The topological polar surface area (TPSA) is 104 Å². The highest BCUT2D eigenvalue weighted by Crippen LogP contribution is 2.37. The van der Waals surface area contributed by atoms with Crippen LogP contribution in [0.5, 0.6) is 0 Å². The molecule has 2 aromatic carbocycles. The lowest BCUT2D eigenvalue weighted by Crippen LogP contribution is -2.14. The first-order chi connectivity index (χ1) is 14.3. The molecule has 0 saturated heterocycles. The molecule has 0 aliphatic carbocycles. The number of aliphatic carboxylic acids is 1. The van der Waals surface area contributed by atoms with Gasteiger partial charge in [-0.2, -0.15) is 0 Å². The highest BCUT2D eigenvalue weighted by Gasteiger charge is 2.28. The van der Waals surface area contributed by atoms with Gasteiger partial charge in [0.1, 0.15) is 11.4 Å². The Morgan fingerprint density at radius 3 is 2.37 bits per heavy atom. The van der Waals surface area contributed by atoms with Crippen molar-refractivity contribution in [2.24, 2.45) is 0 Å². The Labute approximate surface area is 186 Å². The Bertz CT molecular complexity index is 1160. The third-order valence-corrected chi connectivity index (χ3v) is 5.24. The summed E-state index contributed by atoms with van der Waals surface area (Å²) < 4.78 is 0. The van der Waals surface area contributed by atoms with Gasteiger partial charge in [-0.25, -0.2) is 9.97 Å². The third-order valence-electron chi connectivity index (χ3n) is 4.43. The third kappa shape index (κ3) is 4.05. The molecular formula is C20H13Cl3N4O3. The van der Waals surface area contributed by atoms with Crippen LogP contribution in [0.4, 0.5) is 11.5 Å². The maximum Gasteiger partial charge on any atom is 0.307 e. The molecule has 0 bridgehead atoms. The lowest BCUT2D eigenvalue weighted by atomic mass is 10.1. The number of nitrogens with zero attached hydrogens (tertiary/aromatic N) is 2. The summed E-state index contributed by atoms with van der Waals surface area (Å²) in [5.74, 6) is -0.669. The molecule has 3 N–H and O–H groups in total. The molecule has 0 atom stereocenters. The van der Waals surface area contributed by atoms with Crippen molar-refractivity contribution in [1.82, 2.24) is 15.3 Å². The smallest absolute Gasteiger partial charge is 0.307 e. The van der Waals surface area contributed by atoms with Crippen LogP contribution in [0.2, 0.25) is 15.1 Å². The summed E-state index contributed by atoms with van der Waals surface area (Å²) >= 11 is 18.6. The zero-order chi connectivity index (χ0) is 21.4. The molecule has 0 spiro atoms. The van der Waals surface area contributed by atoms with Crippen molar-refractivity contribution in [3.05, 3.63) is 68.3 Å². The van der Waals surface area contributed by atoms with Crippen molar-refractivity contribution in [2.75, 3.05) is 5.32 Å². The van der Waals surface area contributed by atoms with E-state index in [-0.39, 0.29) is 40.6 Å². The molecule has 1 aliphatic heterocycles. The summed E-state index contributed by atoms with van der Waals surface area (Å²) in [7, 11) is 0. The summed E-state index contributed by atoms with van der Waals surface area (Å²) in [6, 6.07) is 9.87. The van der Waals surface area contributed by atoms with Crippen LogP contribution in [-0.2, 0) is 17.8 Å². The van der Waals surface area contributed by atoms with Gasteiger partial charge in [0.2, 0.25) is 0 Å². The van der Waals surface area contributed by atoms with Gasteiger partial charge in [-0.05, 0) is 29.8 Å². The average Bonchev–Trinajstić information content (AvgIpc) is 3.03. The Kier molecular flexibility index (Phi) is 5.51. The normalized spacial score (nSPS) is 12.4. The summed E-state index contributed by atoms with van der Waals surface area (Å²) in [5.41, 5.74) is 2.53. The minimum Gasteiger partial charge on any atom is -0.481 e. The van der Waals surface area contributed by atoms with Crippen LogP contribution in [-0.4, -0.2) is 27.0 Å². The van der Waals surface area contributed by atoms with E-state index in [2.05, 4.69) is 20.6 Å². The Morgan fingerprint density at radius 2 is 1.73 bits per heavy atom. The molecule has 1 aromatic heterocycles. The first-order valence-corrected chi connectivity index (χ1v) is 9.87. The molecule has 7 nitrogen and oxygen atoms in total. The van der Waals surface area contributed by atoms with Crippen molar-refractivity contribution in [3.63, 3.8) is 0 Å². The zero-order valence-electron chi connectivity index (χ0n) is 15.2. The van der Waals surface area contributed by atoms with Crippen LogP contribution in [0, 0.1) is 0 Å². The zero-order valence-corrected chi connectivity index (χ0v) is 17.4. The van der Waals surface area contributed by atoms with Crippen molar-refractivity contribution in [1.29, 1.82) is 0 Å². The molecule has 0 unspecified atom stereocenters. The molecule has 30 heavy (non-hydrogen) atoms. The van der Waals surface area contributed by atoms with E-state index in [0.717, 1.165) is 0 Å².